The fraction of sp³-hybridized carbons (Fsp3) is 0.231. The predicted molar refractivity (Wildman–Crippen MR) is 134 cm³/mol. The molecular weight excluding hydrogens is 444 g/mol. The molecule has 180 valence electrons. The van der Waals surface area contributed by atoms with Crippen LogP contribution in [0.4, 0.5) is 5.69 Å². The van der Waals surface area contributed by atoms with Crippen LogP contribution in [0, 0.1) is 10.1 Å². The molecular formula is C26H28N6O3. The minimum atomic E-state index is -0.453. The van der Waals surface area contributed by atoms with Crippen LogP contribution in [0.3, 0.4) is 0 Å². The van der Waals surface area contributed by atoms with Gasteiger partial charge in [-0.3, -0.25) is 14.9 Å². The molecule has 9 nitrogen and oxygen atoms in total. The Morgan fingerprint density at radius 2 is 1.77 bits per heavy atom. The number of rotatable bonds is 9. The van der Waals surface area contributed by atoms with Gasteiger partial charge in [-0.2, -0.15) is 5.10 Å². The van der Waals surface area contributed by atoms with E-state index in [0.29, 0.717) is 36.7 Å². The molecule has 0 atom stereocenters. The van der Waals surface area contributed by atoms with Gasteiger partial charge < -0.3 is 14.4 Å². The van der Waals surface area contributed by atoms with Crippen LogP contribution in [0.5, 0.6) is 0 Å². The molecule has 2 aromatic heterocycles. The molecule has 4 aromatic rings. The van der Waals surface area contributed by atoms with Crippen LogP contribution in [0.25, 0.3) is 17.1 Å². The van der Waals surface area contributed by atoms with E-state index in [-0.39, 0.29) is 11.6 Å². The van der Waals surface area contributed by atoms with Crippen molar-refractivity contribution in [1.82, 2.24) is 24.1 Å². The van der Waals surface area contributed by atoms with Gasteiger partial charge in [-0.15, -0.1) is 0 Å². The lowest BCUT2D eigenvalue weighted by atomic mass is 10.2. The lowest BCUT2D eigenvalue weighted by Crippen LogP contribution is -2.37. The summed E-state index contributed by atoms with van der Waals surface area (Å²) in [5.41, 5.74) is 3.20. The lowest BCUT2D eigenvalue weighted by molar-refractivity contribution is -0.384. The fourth-order valence-electron chi connectivity index (χ4n) is 3.86. The van der Waals surface area contributed by atoms with Gasteiger partial charge in [0.15, 0.2) is 0 Å². The zero-order valence-corrected chi connectivity index (χ0v) is 20.0. The minimum absolute atomic E-state index is 0.0643. The van der Waals surface area contributed by atoms with E-state index in [0.717, 1.165) is 11.3 Å². The normalized spacial score (nSPS) is 11.1. The van der Waals surface area contributed by atoms with Gasteiger partial charge >= 0.3 is 0 Å². The molecule has 0 fully saturated rings. The van der Waals surface area contributed by atoms with Crippen molar-refractivity contribution in [2.75, 3.05) is 27.2 Å². The van der Waals surface area contributed by atoms with Crippen molar-refractivity contribution in [3.63, 3.8) is 0 Å². The Kier molecular flexibility index (Phi) is 7.07. The molecule has 4 rings (SSSR count). The molecule has 0 saturated heterocycles. The van der Waals surface area contributed by atoms with Gasteiger partial charge in [0, 0.05) is 45.0 Å². The first-order valence-electron chi connectivity index (χ1n) is 11.3. The summed E-state index contributed by atoms with van der Waals surface area (Å²) in [7, 11) is 5.83. The monoisotopic (exact) mass is 472 g/mol. The number of aryl methyl sites for hydroxylation is 1. The van der Waals surface area contributed by atoms with Crippen LogP contribution in [-0.4, -0.2) is 62.2 Å². The summed E-state index contributed by atoms with van der Waals surface area (Å²) in [6.07, 6.45) is 1.90. The van der Waals surface area contributed by atoms with Gasteiger partial charge in [0.2, 0.25) is 0 Å². The van der Waals surface area contributed by atoms with E-state index < -0.39 is 4.92 Å². The third-order valence-corrected chi connectivity index (χ3v) is 5.74. The first-order chi connectivity index (χ1) is 16.8. The molecule has 0 aliphatic heterocycles. The number of nitro benzene ring substituents is 1. The maximum Gasteiger partial charge on any atom is 0.272 e. The van der Waals surface area contributed by atoms with Gasteiger partial charge in [0.1, 0.15) is 11.4 Å². The molecule has 0 spiro atoms. The molecule has 0 unspecified atom stereocenters. The first kappa shape index (κ1) is 23.9. The maximum absolute atomic E-state index is 13.9. The Morgan fingerprint density at radius 3 is 2.43 bits per heavy atom. The van der Waals surface area contributed by atoms with Crippen molar-refractivity contribution in [2.24, 2.45) is 7.05 Å². The zero-order valence-electron chi connectivity index (χ0n) is 20.0. The molecule has 0 radical (unpaired) electrons. The maximum atomic E-state index is 13.9. The second-order valence-corrected chi connectivity index (χ2v) is 8.62. The smallest absolute Gasteiger partial charge is 0.272 e. The topological polar surface area (TPSA) is 89.4 Å². The molecule has 0 saturated carbocycles. The summed E-state index contributed by atoms with van der Waals surface area (Å²) in [5, 5.41) is 16.1. The van der Waals surface area contributed by atoms with Crippen LogP contribution < -0.4 is 0 Å². The number of non-ortho nitro benzene ring substituents is 1. The molecule has 9 heteroatoms. The van der Waals surface area contributed by atoms with Gasteiger partial charge in [-0.25, -0.2) is 4.68 Å². The Hall–Kier alpha value is -4.24. The Labute approximate surface area is 204 Å². The van der Waals surface area contributed by atoms with Crippen LogP contribution in [-0.2, 0) is 13.6 Å². The van der Waals surface area contributed by atoms with Gasteiger partial charge in [-0.05, 0) is 43.9 Å². The lowest BCUT2D eigenvalue weighted by Gasteiger charge is -2.25. The molecule has 0 aliphatic rings. The highest BCUT2D eigenvalue weighted by Gasteiger charge is 2.24. The van der Waals surface area contributed by atoms with E-state index in [2.05, 4.69) is 0 Å². The minimum Gasteiger partial charge on any atom is -0.349 e. The number of carbonyl (C=O) groups excluding carboxylic acids is 1. The van der Waals surface area contributed by atoms with Crippen LogP contribution in [0.1, 0.15) is 16.1 Å². The van der Waals surface area contributed by atoms with Crippen molar-refractivity contribution in [3.05, 3.63) is 100 Å². The summed E-state index contributed by atoms with van der Waals surface area (Å²) in [5.74, 6) is -0.199. The third kappa shape index (κ3) is 5.47. The van der Waals surface area contributed by atoms with Gasteiger partial charge in [0.25, 0.3) is 11.6 Å². The highest BCUT2D eigenvalue weighted by molar-refractivity contribution is 5.94. The van der Waals surface area contributed by atoms with Gasteiger partial charge in [0.05, 0.1) is 16.3 Å². The zero-order chi connectivity index (χ0) is 24.9. The van der Waals surface area contributed by atoms with E-state index in [1.807, 2.05) is 79.3 Å². The van der Waals surface area contributed by atoms with Crippen molar-refractivity contribution in [3.8, 4) is 17.1 Å². The van der Waals surface area contributed by atoms with Crippen LogP contribution >= 0.6 is 0 Å². The number of likely N-dealkylation sites (N-methyl/N-ethyl adjacent to an activating group) is 1. The van der Waals surface area contributed by atoms with E-state index in [1.165, 1.54) is 16.8 Å². The van der Waals surface area contributed by atoms with Crippen molar-refractivity contribution < 1.29 is 9.72 Å². The second kappa shape index (κ2) is 10.4. The Balaban J connectivity index is 1.80. The number of nitrogens with zero attached hydrogens (tertiary/aromatic N) is 6. The molecule has 2 aromatic carbocycles. The van der Waals surface area contributed by atoms with Gasteiger partial charge in [-0.1, -0.05) is 36.4 Å². The molecule has 1 amide bonds. The third-order valence-electron chi connectivity index (χ3n) is 5.74. The number of hydrogen-bond acceptors (Lipinski definition) is 5. The Morgan fingerprint density at radius 1 is 1.00 bits per heavy atom. The number of nitro groups is 1. The summed E-state index contributed by atoms with van der Waals surface area (Å²) in [4.78, 5) is 28.7. The fourth-order valence-corrected chi connectivity index (χ4v) is 3.86. The number of carbonyl (C=O) groups is 1. The second-order valence-electron chi connectivity index (χ2n) is 8.62. The van der Waals surface area contributed by atoms with Crippen LogP contribution in [0.2, 0.25) is 0 Å². The first-order valence-corrected chi connectivity index (χ1v) is 11.3. The van der Waals surface area contributed by atoms with Crippen molar-refractivity contribution in [1.29, 1.82) is 0 Å². The number of aromatic nitrogens is 3. The summed E-state index contributed by atoms with van der Waals surface area (Å²) in [6.45, 7) is 1.64. The number of amides is 1. The average Bonchev–Trinajstić information content (AvgIpc) is 3.48. The van der Waals surface area contributed by atoms with E-state index in [1.54, 1.807) is 23.1 Å². The molecule has 35 heavy (non-hydrogen) atoms. The standard InChI is InChI=1S/C26H28N6O3/c1-28(2)15-16-30(19-20-9-5-4-6-10-20)26(33)25-18-23(24-13-8-14-29(24)3)27-31(25)21-11-7-12-22(17-21)32(34)35/h4-14,17-18H,15-16,19H2,1-3H3. The van der Waals surface area contributed by atoms with E-state index in [9.17, 15) is 14.9 Å². The van der Waals surface area contributed by atoms with Crippen LogP contribution in [0.15, 0.2) is 79.0 Å². The van der Waals surface area contributed by atoms with E-state index in [4.69, 9.17) is 5.10 Å². The average molecular weight is 473 g/mol. The highest BCUT2D eigenvalue weighted by atomic mass is 16.6. The number of benzene rings is 2. The molecule has 0 N–H and O–H groups in total. The predicted octanol–water partition coefficient (Wildman–Crippen LogP) is 3.99. The molecule has 0 bridgehead atoms. The SMILES string of the molecule is CN(C)CCN(Cc1ccccc1)C(=O)c1cc(-c2cccn2C)nn1-c1cccc([N+](=O)[O-])c1. The number of hydrogen-bond donors (Lipinski definition) is 0. The summed E-state index contributed by atoms with van der Waals surface area (Å²) < 4.78 is 3.42. The van der Waals surface area contributed by atoms with Crippen molar-refractivity contribution in [2.45, 2.75) is 6.54 Å². The quantitative estimate of drug-likeness (QED) is 0.271. The molecule has 2 heterocycles. The summed E-state index contributed by atoms with van der Waals surface area (Å²) in [6, 6.07) is 21.6. The molecule has 0 aliphatic carbocycles. The highest BCUT2D eigenvalue weighted by Crippen LogP contribution is 2.25. The Bertz CT molecular complexity index is 1330. The largest absolute Gasteiger partial charge is 0.349 e. The van der Waals surface area contributed by atoms with Crippen molar-refractivity contribution >= 4 is 11.6 Å². The summed E-state index contributed by atoms with van der Waals surface area (Å²) >= 11 is 0. The van der Waals surface area contributed by atoms with E-state index >= 15 is 0 Å².